The first-order valence-corrected chi connectivity index (χ1v) is 6.68. The molecule has 0 aromatic carbocycles. The molecule has 0 radical (unpaired) electrons. The van der Waals surface area contributed by atoms with Gasteiger partial charge in [-0.05, 0) is 6.07 Å². The lowest BCUT2D eigenvalue weighted by Crippen LogP contribution is -2.49. The molecule has 8 heteroatoms. The van der Waals surface area contributed by atoms with Gasteiger partial charge in [0, 0.05) is 32.7 Å². The van der Waals surface area contributed by atoms with E-state index in [0.717, 1.165) is 13.1 Å². The second-order valence-electron chi connectivity index (χ2n) is 4.23. The summed E-state index contributed by atoms with van der Waals surface area (Å²) >= 11 is 11.6. The van der Waals surface area contributed by atoms with Crippen LogP contribution in [-0.4, -0.2) is 70.3 Å². The van der Waals surface area contributed by atoms with E-state index in [2.05, 4.69) is 15.1 Å². The van der Waals surface area contributed by atoms with Crippen molar-refractivity contribution in [2.45, 2.75) is 0 Å². The lowest BCUT2D eigenvalue weighted by atomic mass is 10.2. The fourth-order valence-corrected chi connectivity index (χ4v) is 2.31. The van der Waals surface area contributed by atoms with E-state index in [-0.39, 0.29) is 28.4 Å². The van der Waals surface area contributed by atoms with Gasteiger partial charge in [-0.2, -0.15) is 0 Å². The van der Waals surface area contributed by atoms with E-state index in [0.29, 0.717) is 19.6 Å². The number of hydrogen-bond acceptors (Lipinski definition) is 5. The van der Waals surface area contributed by atoms with Crippen LogP contribution in [0.1, 0.15) is 10.4 Å². The van der Waals surface area contributed by atoms with Crippen LogP contribution in [0.5, 0.6) is 0 Å². The predicted octanol–water partition coefficient (Wildman–Crippen LogP) is 0.534. The summed E-state index contributed by atoms with van der Waals surface area (Å²) in [5.74, 6) is -0.189. The van der Waals surface area contributed by atoms with Gasteiger partial charge in [0.05, 0.1) is 12.2 Å². The molecule has 1 aromatic heterocycles. The Bertz CT molecular complexity index is 464. The molecular formula is C11H14Cl2N4O2. The highest BCUT2D eigenvalue weighted by Crippen LogP contribution is 2.18. The van der Waals surface area contributed by atoms with Gasteiger partial charge in [-0.3, -0.25) is 9.69 Å². The molecule has 1 saturated heterocycles. The van der Waals surface area contributed by atoms with Gasteiger partial charge in [0.1, 0.15) is 0 Å². The lowest BCUT2D eigenvalue weighted by molar-refractivity contribution is 0.0614. The summed E-state index contributed by atoms with van der Waals surface area (Å²) in [4.78, 5) is 16.1. The Hall–Kier alpha value is -0.950. The molecule has 19 heavy (non-hydrogen) atoms. The van der Waals surface area contributed by atoms with E-state index < -0.39 is 0 Å². The quantitative estimate of drug-likeness (QED) is 0.882. The van der Waals surface area contributed by atoms with Crippen molar-refractivity contribution in [1.29, 1.82) is 0 Å². The van der Waals surface area contributed by atoms with Crippen LogP contribution < -0.4 is 0 Å². The number of hydrogen-bond donors (Lipinski definition) is 1. The SMILES string of the molecule is O=C(c1cc(Cl)nnc1Cl)N1CCN(CCO)CC1. The van der Waals surface area contributed by atoms with E-state index in [9.17, 15) is 4.79 Å². The Morgan fingerprint density at radius 3 is 2.58 bits per heavy atom. The summed E-state index contributed by atoms with van der Waals surface area (Å²) < 4.78 is 0. The van der Waals surface area contributed by atoms with Crippen molar-refractivity contribution in [3.8, 4) is 0 Å². The average Bonchev–Trinajstić information content (AvgIpc) is 2.42. The van der Waals surface area contributed by atoms with Crippen molar-refractivity contribution >= 4 is 29.1 Å². The van der Waals surface area contributed by atoms with Crippen LogP contribution in [0.3, 0.4) is 0 Å². The number of carbonyl (C=O) groups excluding carboxylic acids is 1. The third kappa shape index (κ3) is 3.54. The van der Waals surface area contributed by atoms with Gasteiger partial charge < -0.3 is 10.0 Å². The first-order chi connectivity index (χ1) is 9.11. The monoisotopic (exact) mass is 304 g/mol. The van der Waals surface area contributed by atoms with Gasteiger partial charge in [-0.25, -0.2) is 0 Å². The molecule has 0 atom stereocenters. The maximum absolute atomic E-state index is 12.3. The van der Waals surface area contributed by atoms with E-state index in [4.69, 9.17) is 28.3 Å². The van der Waals surface area contributed by atoms with Gasteiger partial charge in [-0.1, -0.05) is 23.2 Å². The number of rotatable bonds is 3. The number of nitrogens with zero attached hydrogens (tertiary/aromatic N) is 4. The van der Waals surface area contributed by atoms with Gasteiger partial charge in [0.2, 0.25) is 0 Å². The maximum Gasteiger partial charge on any atom is 0.257 e. The van der Waals surface area contributed by atoms with Crippen molar-refractivity contribution < 1.29 is 9.90 Å². The first kappa shape index (κ1) is 14.5. The van der Waals surface area contributed by atoms with Crippen LogP contribution >= 0.6 is 23.2 Å². The fraction of sp³-hybridized carbons (Fsp3) is 0.545. The molecule has 6 nitrogen and oxygen atoms in total. The predicted molar refractivity (Wildman–Crippen MR) is 71.5 cm³/mol. The zero-order valence-electron chi connectivity index (χ0n) is 10.2. The summed E-state index contributed by atoms with van der Waals surface area (Å²) in [5.41, 5.74) is 0.275. The number of β-amino-alcohol motifs (C(OH)–C–C–N with tert-alkyl or cyclic N) is 1. The van der Waals surface area contributed by atoms with Crippen LogP contribution in [0.15, 0.2) is 6.07 Å². The van der Waals surface area contributed by atoms with E-state index >= 15 is 0 Å². The molecule has 0 bridgehead atoms. The third-order valence-corrected chi connectivity index (χ3v) is 3.49. The summed E-state index contributed by atoms with van der Waals surface area (Å²) in [6.07, 6.45) is 0. The molecular weight excluding hydrogens is 291 g/mol. The number of carbonyl (C=O) groups is 1. The maximum atomic E-state index is 12.3. The van der Waals surface area contributed by atoms with E-state index in [1.54, 1.807) is 4.90 Å². The average molecular weight is 305 g/mol. The van der Waals surface area contributed by atoms with Crippen molar-refractivity contribution in [3.63, 3.8) is 0 Å². The molecule has 1 aliphatic heterocycles. The van der Waals surface area contributed by atoms with Gasteiger partial charge in [-0.15, -0.1) is 10.2 Å². The second-order valence-corrected chi connectivity index (χ2v) is 4.97. The smallest absolute Gasteiger partial charge is 0.257 e. The molecule has 1 aliphatic rings. The summed E-state index contributed by atoms with van der Waals surface area (Å²) in [5, 5.41) is 16.3. The summed E-state index contributed by atoms with van der Waals surface area (Å²) in [6.45, 7) is 3.41. The zero-order valence-corrected chi connectivity index (χ0v) is 11.7. The van der Waals surface area contributed by atoms with Crippen molar-refractivity contribution in [2.24, 2.45) is 0 Å². The molecule has 1 N–H and O–H groups in total. The largest absolute Gasteiger partial charge is 0.395 e. The van der Waals surface area contributed by atoms with Crippen LogP contribution in [0.25, 0.3) is 0 Å². The number of aromatic nitrogens is 2. The topological polar surface area (TPSA) is 69.6 Å². The van der Waals surface area contributed by atoms with Crippen molar-refractivity contribution in [2.75, 3.05) is 39.3 Å². The van der Waals surface area contributed by atoms with Crippen molar-refractivity contribution in [3.05, 3.63) is 21.9 Å². The molecule has 0 saturated carbocycles. The number of amides is 1. The Morgan fingerprint density at radius 1 is 1.26 bits per heavy atom. The highest BCUT2D eigenvalue weighted by molar-refractivity contribution is 6.34. The highest BCUT2D eigenvalue weighted by Gasteiger charge is 2.24. The molecule has 1 amide bonds. The Balaban J connectivity index is 2.03. The van der Waals surface area contributed by atoms with Crippen LogP contribution in [0.2, 0.25) is 10.3 Å². The standard InChI is InChI=1S/C11H14Cl2N4O2/c12-9-7-8(10(13)15-14-9)11(19)17-3-1-16(2-4-17)5-6-18/h7,18H,1-6H2. The fourth-order valence-electron chi connectivity index (χ4n) is 1.99. The minimum absolute atomic E-state index is 0.0622. The lowest BCUT2D eigenvalue weighted by Gasteiger charge is -2.34. The summed E-state index contributed by atoms with van der Waals surface area (Å²) in [7, 11) is 0. The molecule has 0 aliphatic carbocycles. The molecule has 2 heterocycles. The van der Waals surface area contributed by atoms with E-state index in [1.807, 2.05) is 0 Å². The minimum atomic E-state index is -0.189. The van der Waals surface area contributed by atoms with Crippen LogP contribution in [0.4, 0.5) is 0 Å². The van der Waals surface area contributed by atoms with Gasteiger partial charge in [0.25, 0.3) is 5.91 Å². The molecule has 104 valence electrons. The van der Waals surface area contributed by atoms with Crippen LogP contribution in [-0.2, 0) is 0 Å². The highest BCUT2D eigenvalue weighted by atomic mass is 35.5. The Kier molecular flexibility index (Phi) is 4.93. The molecule has 0 spiro atoms. The van der Waals surface area contributed by atoms with Crippen molar-refractivity contribution in [1.82, 2.24) is 20.0 Å². The number of halogens is 2. The first-order valence-electron chi connectivity index (χ1n) is 5.93. The van der Waals surface area contributed by atoms with Gasteiger partial charge in [0.15, 0.2) is 10.3 Å². The zero-order chi connectivity index (χ0) is 13.8. The number of piperazine rings is 1. The summed E-state index contributed by atoms with van der Waals surface area (Å²) in [6, 6.07) is 1.43. The molecule has 1 aromatic rings. The number of aliphatic hydroxyl groups is 1. The Morgan fingerprint density at radius 2 is 1.95 bits per heavy atom. The van der Waals surface area contributed by atoms with Crippen LogP contribution in [0, 0.1) is 0 Å². The Labute approximate surface area is 120 Å². The molecule has 0 unspecified atom stereocenters. The molecule has 1 fully saturated rings. The van der Waals surface area contributed by atoms with E-state index in [1.165, 1.54) is 6.07 Å². The molecule has 2 rings (SSSR count). The second kappa shape index (κ2) is 6.47. The third-order valence-electron chi connectivity index (χ3n) is 3.03. The minimum Gasteiger partial charge on any atom is -0.395 e. The number of aliphatic hydroxyl groups excluding tert-OH is 1. The van der Waals surface area contributed by atoms with Gasteiger partial charge >= 0.3 is 0 Å². The normalized spacial score (nSPS) is 16.7.